The summed E-state index contributed by atoms with van der Waals surface area (Å²) < 4.78 is 12.8. The number of nitrogens with one attached hydrogen (secondary N) is 2. The molecule has 5 heteroatoms. The Hall–Kier alpha value is -1.62. The van der Waals surface area contributed by atoms with E-state index in [-0.39, 0.29) is 24.4 Å². The molecule has 1 aromatic carbocycles. The lowest BCUT2D eigenvalue weighted by Gasteiger charge is -2.18. The van der Waals surface area contributed by atoms with Crippen LogP contribution < -0.4 is 10.6 Å². The molecule has 0 aromatic heterocycles. The molecule has 4 nitrogen and oxygen atoms in total. The van der Waals surface area contributed by atoms with E-state index in [1.54, 1.807) is 0 Å². The number of carbonyl (C=O) groups excluding carboxylic acids is 1. The van der Waals surface area contributed by atoms with Crippen molar-refractivity contribution in [1.29, 1.82) is 0 Å². The zero-order valence-corrected chi connectivity index (χ0v) is 12.1. The maximum Gasteiger partial charge on any atom is 0.315 e. The second-order valence-corrected chi connectivity index (χ2v) is 5.61. The Kier molecular flexibility index (Phi) is 5.99. The van der Waals surface area contributed by atoms with Gasteiger partial charge in [0.1, 0.15) is 5.82 Å². The Morgan fingerprint density at radius 3 is 2.43 bits per heavy atom. The molecule has 3 N–H and O–H groups in total. The van der Waals surface area contributed by atoms with Gasteiger partial charge in [0.05, 0.1) is 6.10 Å². The highest BCUT2D eigenvalue weighted by molar-refractivity contribution is 5.74. The van der Waals surface area contributed by atoms with Gasteiger partial charge in [0.15, 0.2) is 0 Å². The predicted molar refractivity (Wildman–Crippen MR) is 79.4 cm³/mol. The largest absolute Gasteiger partial charge is 0.387 e. The molecule has 0 spiro atoms. The first-order valence-corrected chi connectivity index (χ1v) is 7.63. The summed E-state index contributed by atoms with van der Waals surface area (Å²) in [5, 5.41) is 15.6. The first-order valence-electron chi connectivity index (χ1n) is 7.63. The van der Waals surface area contributed by atoms with Crippen molar-refractivity contribution in [3.05, 3.63) is 35.6 Å². The zero-order chi connectivity index (χ0) is 15.1. The molecule has 0 bridgehead atoms. The summed E-state index contributed by atoms with van der Waals surface area (Å²) in [7, 11) is 0. The lowest BCUT2D eigenvalue weighted by molar-refractivity contribution is 0.172. The minimum Gasteiger partial charge on any atom is -0.387 e. The normalized spacial score (nSPS) is 17.8. The van der Waals surface area contributed by atoms with Crippen LogP contribution in [0.2, 0.25) is 0 Å². The van der Waals surface area contributed by atoms with Crippen LogP contribution >= 0.6 is 0 Å². The van der Waals surface area contributed by atoms with Crippen molar-refractivity contribution in [2.75, 3.05) is 6.54 Å². The van der Waals surface area contributed by atoms with Crippen molar-refractivity contribution in [3.8, 4) is 0 Å². The van der Waals surface area contributed by atoms with Gasteiger partial charge >= 0.3 is 6.03 Å². The lowest BCUT2D eigenvalue weighted by Crippen LogP contribution is -2.43. The number of amides is 2. The SMILES string of the molecule is O=C(NCC(O)c1ccc(F)cc1)NC1CCCCCC1. The smallest absolute Gasteiger partial charge is 0.315 e. The van der Waals surface area contributed by atoms with Crippen molar-refractivity contribution >= 4 is 6.03 Å². The van der Waals surface area contributed by atoms with E-state index in [0.29, 0.717) is 5.56 Å². The minimum atomic E-state index is -0.828. The predicted octanol–water partition coefficient (Wildman–Crippen LogP) is 2.88. The van der Waals surface area contributed by atoms with Gasteiger partial charge in [-0.15, -0.1) is 0 Å². The molecule has 116 valence electrons. The third-order valence-corrected chi connectivity index (χ3v) is 3.90. The number of hydrogen-bond donors (Lipinski definition) is 3. The van der Waals surface area contributed by atoms with E-state index >= 15 is 0 Å². The highest BCUT2D eigenvalue weighted by Crippen LogP contribution is 2.17. The molecule has 0 saturated heterocycles. The maximum absolute atomic E-state index is 12.8. The Balaban J connectivity index is 1.73. The summed E-state index contributed by atoms with van der Waals surface area (Å²) in [6.45, 7) is 0.115. The van der Waals surface area contributed by atoms with E-state index in [2.05, 4.69) is 10.6 Å². The molecule has 1 aliphatic carbocycles. The van der Waals surface area contributed by atoms with Gasteiger partial charge in [0.25, 0.3) is 0 Å². The van der Waals surface area contributed by atoms with E-state index in [1.165, 1.54) is 37.1 Å². The average Bonchev–Trinajstić information content (AvgIpc) is 2.74. The van der Waals surface area contributed by atoms with Crippen LogP contribution in [0.1, 0.15) is 50.2 Å². The molecule has 0 radical (unpaired) electrons. The fourth-order valence-corrected chi connectivity index (χ4v) is 2.65. The van der Waals surface area contributed by atoms with Gasteiger partial charge in [0.2, 0.25) is 0 Å². The van der Waals surface area contributed by atoms with E-state index in [1.807, 2.05) is 0 Å². The van der Waals surface area contributed by atoms with Gasteiger partial charge in [0, 0.05) is 12.6 Å². The Bertz CT molecular complexity index is 442. The van der Waals surface area contributed by atoms with Crippen LogP contribution in [0.4, 0.5) is 9.18 Å². The molecule has 1 aliphatic rings. The molecular weight excluding hydrogens is 271 g/mol. The molecule has 0 heterocycles. The molecule has 2 amide bonds. The number of hydrogen-bond acceptors (Lipinski definition) is 2. The van der Waals surface area contributed by atoms with E-state index in [9.17, 15) is 14.3 Å². The molecule has 2 rings (SSSR count). The topological polar surface area (TPSA) is 61.4 Å². The summed E-state index contributed by atoms with van der Waals surface area (Å²) in [6, 6.07) is 5.61. The standard InChI is InChI=1S/C16H23FN2O2/c17-13-9-7-12(8-10-13)15(20)11-18-16(21)19-14-5-3-1-2-4-6-14/h7-10,14-15,20H,1-6,11H2,(H2,18,19,21). The number of aliphatic hydroxyl groups excluding tert-OH is 1. The number of rotatable bonds is 4. The van der Waals surface area contributed by atoms with E-state index < -0.39 is 6.10 Å². The number of benzene rings is 1. The Morgan fingerprint density at radius 1 is 1.19 bits per heavy atom. The van der Waals surface area contributed by atoms with Gasteiger partial charge in [-0.05, 0) is 30.5 Å². The highest BCUT2D eigenvalue weighted by atomic mass is 19.1. The number of carbonyl (C=O) groups is 1. The van der Waals surface area contributed by atoms with E-state index in [4.69, 9.17) is 0 Å². The third kappa shape index (κ3) is 5.34. The molecule has 1 fully saturated rings. The first-order chi connectivity index (χ1) is 10.1. The van der Waals surface area contributed by atoms with Crippen LogP contribution in [0, 0.1) is 5.82 Å². The van der Waals surface area contributed by atoms with Gasteiger partial charge in [-0.2, -0.15) is 0 Å². The van der Waals surface area contributed by atoms with Crippen molar-refractivity contribution < 1.29 is 14.3 Å². The van der Waals surface area contributed by atoms with Crippen LogP contribution in [-0.4, -0.2) is 23.7 Å². The average molecular weight is 294 g/mol. The molecule has 21 heavy (non-hydrogen) atoms. The third-order valence-electron chi connectivity index (χ3n) is 3.90. The Labute approximate surface area is 124 Å². The summed E-state index contributed by atoms with van der Waals surface area (Å²) in [4.78, 5) is 11.8. The minimum absolute atomic E-state index is 0.115. The second-order valence-electron chi connectivity index (χ2n) is 5.61. The van der Waals surface area contributed by atoms with Crippen molar-refractivity contribution in [1.82, 2.24) is 10.6 Å². The fraction of sp³-hybridized carbons (Fsp3) is 0.562. The zero-order valence-electron chi connectivity index (χ0n) is 12.1. The van der Waals surface area contributed by atoms with Crippen LogP contribution in [0.5, 0.6) is 0 Å². The fourth-order valence-electron chi connectivity index (χ4n) is 2.65. The van der Waals surface area contributed by atoms with E-state index in [0.717, 1.165) is 25.7 Å². The first kappa shape index (κ1) is 15.8. The number of halogens is 1. The number of aliphatic hydroxyl groups is 1. The van der Waals surface area contributed by atoms with Gasteiger partial charge in [-0.25, -0.2) is 9.18 Å². The van der Waals surface area contributed by atoms with Crippen molar-refractivity contribution in [2.45, 2.75) is 50.7 Å². The summed E-state index contributed by atoms with van der Waals surface area (Å²) in [6.07, 6.45) is 6.01. The lowest BCUT2D eigenvalue weighted by atomic mass is 10.1. The van der Waals surface area contributed by atoms with Crippen molar-refractivity contribution in [2.24, 2.45) is 0 Å². The van der Waals surface area contributed by atoms with Crippen molar-refractivity contribution in [3.63, 3.8) is 0 Å². The summed E-state index contributed by atoms with van der Waals surface area (Å²) in [5.41, 5.74) is 0.589. The monoisotopic (exact) mass is 294 g/mol. The van der Waals surface area contributed by atoms with Crippen LogP contribution in [0.3, 0.4) is 0 Å². The Morgan fingerprint density at radius 2 is 1.81 bits per heavy atom. The van der Waals surface area contributed by atoms with Gasteiger partial charge < -0.3 is 15.7 Å². The van der Waals surface area contributed by atoms with Crippen LogP contribution in [0.15, 0.2) is 24.3 Å². The van der Waals surface area contributed by atoms with Crippen LogP contribution in [0.25, 0.3) is 0 Å². The highest BCUT2D eigenvalue weighted by Gasteiger charge is 2.15. The number of urea groups is 1. The van der Waals surface area contributed by atoms with Gasteiger partial charge in [-0.1, -0.05) is 37.8 Å². The summed E-state index contributed by atoms with van der Waals surface area (Å²) >= 11 is 0. The molecule has 1 atom stereocenters. The molecular formula is C16H23FN2O2. The van der Waals surface area contributed by atoms with Gasteiger partial charge in [-0.3, -0.25) is 0 Å². The molecule has 0 aliphatic heterocycles. The summed E-state index contributed by atoms with van der Waals surface area (Å²) in [5.74, 6) is -0.343. The quantitative estimate of drug-likeness (QED) is 0.748. The molecule has 1 saturated carbocycles. The maximum atomic E-state index is 12.8. The molecule has 1 aromatic rings. The molecule has 1 unspecified atom stereocenters. The van der Waals surface area contributed by atoms with Crippen LogP contribution in [-0.2, 0) is 0 Å². The second kappa shape index (κ2) is 7.98.